The van der Waals surface area contributed by atoms with E-state index in [-0.39, 0.29) is 0 Å². The fourth-order valence-corrected chi connectivity index (χ4v) is 3.83. The SMILES string of the molecule is C1=C(c2nccc(-c3ccccc3)c2-n2cnc3c2COCC3)CCOC1. The summed E-state index contributed by atoms with van der Waals surface area (Å²) >= 11 is 0. The minimum absolute atomic E-state index is 0.583. The van der Waals surface area contributed by atoms with E-state index >= 15 is 0 Å². The predicted molar refractivity (Wildman–Crippen MR) is 104 cm³/mol. The number of pyridine rings is 1. The molecule has 0 saturated carbocycles. The van der Waals surface area contributed by atoms with Gasteiger partial charge in [0, 0.05) is 18.2 Å². The smallest absolute Gasteiger partial charge is 0.0999 e. The summed E-state index contributed by atoms with van der Waals surface area (Å²) in [5.74, 6) is 0. The van der Waals surface area contributed by atoms with Crippen molar-refractivity contribution in [2.45, 2.75) is 19.4 Å². The largest absolute Gasteiger partial charge is 0.377 e. The van der Waals surface area contributed by atoms with Gasteiger partial charge in [-0.15, -0.1) is 0 Å². The normalized spacial score (nSPS) is 16.7. The molecule has 3 aromatic rings. The second-order valence-electron chi connectivity index (χ2n) is 6.79. The number of fused-ring (bicyclic) bond motifs is 1. The van der Waals surface area contributed by atoms with Crippen molar-refractivity contribution >= 4 is 5.57 Å². The van der Waals surface area contributed by atoms with Crippen LogP contribution in [-0.4, -0.2) is 34.4 Å². The quantitative estimate of drug-likeness (QED) is 0.713. The third-order valence-corrected chi connectivity index (χ3v) is 5.19. The van der Waals surface area contributed by atoms with E-state index in [1.807, 2.05) is 18.6 Å². The van der Waals surface area contributed by atoms with Gasteiger partial charge in [0.2, 0.25) is 0 Å². The lowest BCUT2D eigenvalue weighted by atomic mass is 9.98. The topological polar surface area (TPSA) is 49.2 Å². The Balaban J connectivity index is 1.76. The number of hydrogen-bond acceptors (Lipinski definition) is 4. The molecule has 0 bridgehead atoms. The molecule has 5 heteroatoms. The molecule has 0 radical (unpaired) electrons. The molecule has 2 aliphatic heterocycles. The highest BCUT2D eigenvalue weighted by Gasteiger charge is 2.23. The number of imidazole rings is 1. The third kappa shape index (κ3) is 2.99. The molecule has 2 aromatic heterocycles. The van der Waals surface area contributed by atoms with Gasteiger partial charge in [0.1, 0.15) is 0 Å². The first-order chi connectivity index (χ1) is 13.4. The third-order valence-electron chi connectivity index (χ3n) is 5.19. The van der Waals surface area contributed by atoms with Crippen LogP contribution < -0.4 is 0 Å². The minimum Gasteiger partial charge on any atom is -0.377 e. The van der Waals surface area contributed by atoms with Gasteiger partial charge in [0.25, 0.3) is 0 Å². The van der Waals surface area contributed by atoms with Crippen LogP contribution in [-0.2, 0) is 22.5 Å². The van der Waals surface area contributed by atoms with Crippen LogP contribution in [0.15, 0.2) is 55.0 Å². The van der Waals surface area contributed by atoms with Crippen LogP contribution >= 0.6 is 0 Å². The summed E-state index contributed by atoms with van der Waals surface area (Å²) in [5, 5.41) is 0. The van der Waals surface area contributed by atoms with Gasteiger partial charge >= 0.3 is 0 Å². The van der Waals surface area contributed by atoms with Crippen molar-refractivity contribution in [2.24, 2.45) is 0 Å². The maximum atomic E-state index is 5.73. The first kappa shape index (κ1) is 16.4. The molecule has 0 spiro atoms. The monoisotopic (exact) mass is 359 g/mol. The van der Waals surface area contributed by atoms with E-state index in [2.05, 4.69) is 46.0 Å². The average molecular weight is 359 g/mol. The Morgan fingerprint density at radius 3 is 2.67 bits per heavy atom. The van der Waals surface area contributed by atoms with Crippen LogP contribution in [0.25, 0.3) is 22.4 Å². The molecule has 5 nitrogen and oxygen atoms in total. The van der Waals surface area contributed by atoms with Crippen molar-refractivity contribution in [1.82, 2.24) is 14.5 Å². The van der Waals surface area contributed by atoms with Crippen molar-refractivity contribution in [3.8, 4) is 16.8 Å². The number of rotatable bonds is 3. The first-order valence-corrected chi connectivity index (χ1v) is 9.36. The van der Waals surface area contributed by atoms with E-state index in [0.717, 1.165) is 54.4 Å². The zero-order valence-corrected chi connectivity index (χ0v) is 15.1. The Labute approximate surface area is 158 Å². The number of ether oxygens (including phenoxy) is 2. The van der Waals surface area contributed by atoms with Gasteiger partial charge in [0.15, 0.2) is 0 Å². The van der Waals surface area contributed by atoms with Gasteiger partial charge in [-0.3, -0.25) is 9.55 Å². The molecule has 0 N–H and O–H groups in total. The maximum absolute atomic E-state index is 5.73. The highest BCUT2D eigenvalue weighted by Crippen LogP contribution is 2.35. The molecule has 1 aromatic carbocycles. The summed E-state index contributed by atoms with van der Waals surface area (Å²) in [5.41, 5.74) is 7.88. The van der Waals surface area contributed by atoms with Gasteiger partial charge in [0.05, 0.1) is 55.5 Å². The lowest BCUT2D eigenvalue weighted by molar-refractivity contribution is 0.106. The van der Waals surface area contributed by atoms with Crippen molar-refractivity contribution in [2.75, 3.05) is 19.8 Å². The summed E-state index contributed by atoms with van der Waals surface area (Å²) in [7, 11) is 0. The second-order valence-corrected chi connectivity index (χ2v) is 6.79. The summed E-state index contributed by atoms with van der Waals surface area (Å²) < 4.78 is 13.4. The van der Waals surface area contributed by atoms with E-state index in [4.69, 9.17) is 14.5 Å². The Morgan fingerprint density at radius 1 is 0.926 bits per heavy atom. The summed E-state index contributed by atoms with van der Waals surface area (Å²) in [6.07, 6.45) is 7.69. The molecular formula is C22H21N3O2. The molecule has 0 fully saturated rings. The summed E-state index contributed by atoms with van der Waals surface area (Å²) in [4.78, 5) is 9.45. The molecule has 136 valence electrons. The van der Waals surface area contributed by atoms with E-state index in [1.165, 1.54) is 11.1 Å². The van der Waals surface area contributed by atoms with Crippen LogP contribution in [0.4, 0.5) is 0 Å². The van der Waals surface area contributed by atoms with Crippen LogP contribution in [0.2, 0.25) is 0 Å². The zero-order valence-electron chi connectivity index (χ0n) is 15.1. The Bertz CT molecular complexity index is 992. The van der Waals surface area contributed by atoms with Crippen molar-refractivity contribution in [1.29, 1.82) is 0 Å². The first-order valence-electron chi connectivity index (χ1n) is 9.36. The van der Waals surface area contributed by atoms with Crippen LogP contribution in [0.1, 0.15) is 23.5 Å². The predicted octanol–water partition coefficient (Wildman–Crippen LogP) is 3.81. The van der Waals surface area contributed by atoms with Crippen LogP contribution in [0, 0.1) is 0 Å². The van der Waals surface area contributed by atoms with Gasteiger partial charge < -0.3 is 9.47 Å². The molecule has 0 aliphatic carbocycles. The molecule has 5 rings (SSSR count). The lowest BCUT2D eigenvalue weighted by Gasteiger charge is -2.22. The second kappa shape index (κ2) is 7.10. The van der Waals surface area contributed by atoms with E-state index in [0.29, 0.717) is 13.2 Å². The summed E-state index contributed by atoms with van der Waals surface area (Å²) in [6.45, 7) is 2.68. The standard InChI is InChI=1S/C22H21N3O2/c1-2-4-16(5-3-1)18-6-10-23-21(17-7-11-26-12-8-17)22(18)25-15-24-19-9-13-27-14-20(19)25/h1-7,10,15H,8-9,11-14H2. The van der Waals surface area contributed by atoms with Gasteiger partial charge in [-0.05, 0) is 23.6 Å². The molecule has 0 unspecified atom stereocenters. The number of nitrogens with zero attached hydrogens (tertiary/aromatic N) is 3. The Morgan fingerprint density at radius 2 is 1.81 bits per heavy atom. The summed E-state index contributed by atoms with van der Waals surface area (Å²) in [6, 6.07) is 12.5. The van der Waals surface area contributed by atoms with Crippen LogP contribution in [0.3, 0.4) is 0 Å². The Kier molecular flexibility index (Phi) is 4.32. The van der Waals surface area contributed by atoms with Crippen molar-refractivity contribution < 1.29 is 9.47 Å². The number of aromatic nitrogens is 3. The van der Waals surface area contributed by atoms with E-state index in [9.17, 15) is 0 Å². The number of hydrogen-bond donors (Lipinski definition) is 0. The molecule has 0 amide bonds. The lowest BCUT2D eigenvalue weighted by Crippen LogP contribution is -2.15. The molecule has 0 atom stereocenters. The molecule has 27 heavy (non-hydrogen) atoms. The van der Waals surface area contributed by atoms with Crippen molar-refractivity contribution in [3.05, 3.63) is 72.1 Å². The molecule has 4 heterocycles. The molecular weight excluding hydrogens is 338 g/mol. The van der Waals surface area contributed by atoms with Gasteiger partial charge in [-0.25, -0.2) is 4.98 Å². The van der Waals surface area contributed by atoms with Crippen molar-refractivity contribution in [3.63, 3.8) is 0 Å². The van der Waals surface area contributed by atoms with Gasteiger partial charge in [-0.1, -0.05) is 36.4 Å². The number of benzene rings is 1. The van der Waals surface area contributed by atoms with Gasteiger partial charge in [-0.2, -0.15) is 0 Å². The highest BCUT2D eigenvalue weighted by molar-refractivity contribution is 5.82. The Hall–Kier alpha value is -2.76. The maximum Gasteiger partial charge on any atom is 0.0999 e. The van der Waals surface area contributed by atoms with Crippen LogP contribution in [0.5, 0.6) is 0 Å². The fraction of sp³-hybridized carbons (Fsp3) is 0.273. The minimum atomic E-state index is 0.583. The molecule has 0 saturated heterocycles. The average Bonchev–Trinajstić information content (AvgIpc) is 3.18. The highest BCUT2D eigenvalue weighted by atomic mass is 16.5. The fourth-order valence-electron chi connectivity index (χ4n) is 3.83. The zero-order chi connectivity index (χ0) is 18.1. The van der Waals surface area contributed by atoms with E-state index in [1.54, 1.807) is 0 Å². The van der Waals surface area contributed by atoms with E-state index < -0.39 is 0 Å². The molecule has 2 aliphatic rings.